The Hall–Kier alpha value is -2.67. The summed E-state index contributed by atoms with van der Waals surface area (Å²) in [5.41, 5.74) is 2.11. The summed E-state index contributed by atoms with van der Waals surface area (Å²) < 4.78 is 29.7. The van der Waals surface area contributed by atoms with Gasteiger partial charge in [-0.1, -0.05) is 52.7 Å². The quantitative estimate of drug-likeness (QED) is 0.660. The lowest BCUT2D eigenvalue weighted by molar-refractivity contribution is -0.744. The minimum Gasteiger partial charge on any atom is -0.198 e. The molecule has 0 saturated carbocycles. The second kappa shape index (κ2) is 6.45. The summed E-state index contributed by atoms with van der Waals surface area (Å²) in [5, 5.41) is 4.23. The fourth-order valence-electron chi connectivity index (χ4n) is 2.30. The number of rotatable bonds is 5. The predicted molar refractivity (Wildman–Crippen MR) is 90.5 cm³/mol. The van der Waals surface area contributed by atoms with E-state index in [1.54, 1.807) is 35.3 Å². The van der Waals surface area contributed by atoms with Gasteiger partial charge in [0.15, 0.2) is 0 Å². The molecule has 2 aromatic carbocycles. The molecule has 7 heteroatoms. The molecule has 0 fully saturated rings. The largest absolute Gasteiger partial charge is 0.292 e. The Morgan fingerprint density at radius 2 is 1.75 bits per heavy atom. The van der Waals surface area contributed by atoms with Crippen molar-refractivity contribution in [1.82, 2.24) is 9.77 Å². The highest BCUT2D eigenvalue weighted by molar-refractivity contribution is 7.92. The van der Waals surface area contributed by atoms with E-state index < -0.39 is 10.0 Å². The molecule has 3 aromatic rings. The molecule has 0 N–H and O–H groups in total. The van der Waals surface area contributed by atoms with E-state index in [9.17, 15) is 8.42 Å². The Labute approximate surface area is 141 Å². The van der Waals surface area contributed by atoms with E-state index in [4.69, 9.17) is 0 Å². The number of hydrogen-bond donors (Lipinski definition) is 0. The molecule has 124 valence electrons. The highest BCUT2D eigenvalue weighted by atomic mass is 32.2. The van der Waals surface area contributed by atoms with E-state index in [0.717, 1.165) is 11.1 Å². The van der Waals surface area contributed by atoms with Crippen LogP contribution in [0.25, 0.3) is 0 Å². The first-order valence-corrected chi connectivity index (χ1v) is 8.94. The Morgan fingerprint density at radius 1 is 1.08 bits per heavy atom. The van der Waals surface area contributed by atoms with Gasteiger partial charge in [-0.25, -0.2) is 0 Å². The first kappa shape index (κ1) is 16.2. The molecule has 6 nitrogen and oxygen atoms in total. The average molecular weight is 343 g/mol. The zero-order valence-electron chi connectivity index (χ0n) is 13.6. The summed E-state index contributed by atoms with van der Waals surface area (Å²) in [6.45, 7) is 2.49. The maximum absolute atomic E-state index is 12.7. The Morgan fingerprint density at radius 3 is 2.42 bits per heavy atom. The lowest BCUT2D eigenvalue weighted by Crippen LogP contribution is -2.39. The zero-order chi connectivity index (χ0) is 17.2. The highest BCUT2D eigenvalue weighted by Gasteiger charge is 2.25. The summed E-state index contributed by atoms with van der Waals surface area (Å²) in [6, 6.07) is 16.6. The molecule has 0 unspecified atom stereocenters. The van der Waals surface area contributed by atoms with E-state index in [1.165, 1.54) is 22.5 Å². The number of benzene rings is 2. The van der Waals surface area contributed by atoms with Crippen molar-refractivity contribution in [2.45, 2.75) is 18.4 Å². The molecular weight excluding hydrogens is 324 g/mol. The van der Waals surface area contributed by atoms with Crippen LogP contribution in [0.2, 0.25) is 0 Å². The van der Waals surface area contributed by atoms with Gasteiger partial charge in [0.05, 0.1) is 11.9 Å². The number of hydrogen-bond acceptors (Lipinski definition) is 3. The second-order valence-corrected chi connectivity index (χ2v) is 7.51. The number of aryl methyl sites for hydroxylation is 1. The third-order valence-corrected chi connectivity index (χ3v) is 5.50. The van der Waals surface area contributed by atoms with Gasteiger partial charge >= 0.3 is 0 Å². The highest BCUT2D eigenvalue weighted by Crippen LogP contribution is 2.14. The number of sulfonamides is 1. The predicted octanol–water partition coefficient (Wildman–Crippen LogP) is 1.48. The van der Waals surface area contributed by atoms with Gasteiger partial charge in [0, 0.05) is 0 Å². The molecule has 0 amide bonds. The lowest BCUT2D eigenvalue weighted by Gasteiger charge is -2.14. The van der Waals surface area contributed by atoms with Gasteiger partial charge in [-0.15, -0.1) is 9.10 Å². The molecule has 0 aliphatic rings. The topological polar surface area (TPSA) is 59.1 Å². The van der Waals surface area contributed by atoms with E-state index in [2.05, 4.69) is 5.10 Å². The molecule has 0 bridgehead atoms. The van der Waals surface area contributed by atoms with Crippen LogP contribution in [0.3, 0.4) is 0 Å². The summed E-state index contributed by atoms with van der Waals surface area (Å²) >= 11 is 0. The van der Waals surface area contributed by atoms with Crippen LogP contribution in [0.15, 0.2) is 72.1 Å². The van der Waals surface area contributed by atoms with Crippen LogP contribution in [-0.4, -0.2) is 25.2 Å². The summed E-state index contributed by atoms with van der Waals surface area (Å²) in [7, 11) is -2.12. The third kappa shape index (κ3) is 3.30. The molecule has 0 saturated heterocycles. The lowest BCUT2D eigenvalue weighted by atomic mass is 10.2. The van der Waals surface area contributed by atoms with Crippen molar-refractivity contribution < 1.29 is 13.1 Å². The van der Waals surface area contributed by atoms with Crippen LogP contribution in [-0.2, 0) is 16.6 Å². The van der Waals surface area contributed by atoms with E-state index in [0.29, 0.717) is 6.54 Å². The minimum absolute atomic E-state index is 0.249. The van der Waals surface area contributed by atoms with Crippen molar-refractivity contribution in [2.75, 3.05) is 11.5 Å². The summed E-state index contributed by atoms with van der Waals surface area (Å²) in [5.74, 6) is 0. The van der Waals surface area contributed by atoms with Crippen molar-refractivity contribution >= 4 is 10.0 Å². The van der Waals surface area contributed by atoms with Gasteiger partial charge in [0.1, 0.15) is 6.54 Å². The van der Waals surface area contributed by atoms with Crippen molar-refractivity contribution in [3.63, 3.8) is 0 Å². The molecule has 3 rings (SSSR count). The van der Waals surface area contributed by atoms with E-state index >= 15 is 0 Å². The van der Waals surface area contributed by atoms with Crippen LogP contribution in [0.5, 0.6) is 0 Å². The minimum atomic E-state index is -3.63. The summed E-state index contributed by atoms with van der Waals surface area (Å²) in [6.07, 6.45) is 3.13. The Bertz CT molecular complexity index is 919. The molecule has 1 aromatic heterocycles. The molecule has 24 heavy (non-hydrogen) atoms. The van der Waals surface area contributed by atoms with Crippen LogP contribution < -0.4 is 9.10 Å². The smallest absolute Gasteiger partial charge is 0.198 e. The zero-order valence-corrected chi connectivity index (χ0v) is 14.4. The molecule has 0 aliphatic carbocycles. The van der Waals surface area contributed by atoms with Gasteiger partial charge < -0.3 is 0 Å². The molecule has 0 radical (unpaired) electrons. The molecule has 0 spiro atoms. The maximum atomic E-state index is 12.7. The van der Waals surface area contributed by atoms with Gasteiger partial charge in [0.2, 0.25) is 6.33 Å². The van der Waals surface area contributed by atoms with Crippen molar-refractivity contribution in [1.29, 1.82) is 0 Å². The Balaban J connectivity index is 1.82. The van der Waals surface area contributed by atoms with Gasteiger partial charge in [-0.05, 0) is 29.7 Å². The average Bonchev–Trinajstić information content (AvgIpc) is 3.04. The van der Waals surface area contributed by atoms with Crippen LogP contribution in [0.4, 0.5) is 0 Å². The van der Waals surface area contributed by atoms with Gasteiger partial charge in [-0.2, -0.15) is 8.42 Å². The van der Waals surface area contributed by atoms with Crippen LogP contribution in [0.1, 0.15) is 11.1 Å². The Kier molecular flexibility index (Phi) is 4.35. The van der Waals surface area contributed by atoms with Gasteiger partial charge in [-0.3, -0.25) is 0 Å². The summed E-state index contributed by atoms with van der Waals surface area (Å²) in [4.78, 5) is 0.249. The third-order valence-electron chi connectivity index (χ3n) is 3.75. The molecule has 0 aliphatic heterocycles. The number of aromatic nitrogens is 3. The van der Waals surface area contributed by atoms with E-state index in [-0.39, 0.29) is 4.90 Å². The van der Waals surface area contributed by atoms with Crippen LogP contribution >= 0.6 is 0 Å². The molecule has 0 atom stereocenters. The van der Waals surface area contributed by atoms with E-state index in [1.807, 2.05) is 37.3 Å². The fraction of sp³-hybridized carbons (Fsp3) is 0.176. The standard InChI is InChI=1S/C17H19N4O2S/c1-15-8-10-17(11-9-15)24(22,23)19(2)21-13-18-20(14-21)12-16-6-4-3-5-7-16/h3-11,13-14H,12H2,1-2H3/q+1. The SMILES string of the molecule is Cc1ccc(S(=O)(=O)N(C)n2cn[n+](Cc3ccccc3)c2)cc1. The first-order valence-electron chi connectivity index (χ1n) is 7.50. The fourth-order valence-corrected chi connectivity index (χ4v) is 3.42. The second-order valence-electron chi connectivity index (χ2n) is 5.56. The monoisotopic (exact) mass is 343 g/mol. The van der Waals surface area contributed by atoms with Crippen molar-refractivity contribution in [3.05, 3.63) is 78.4 Å². The van der Waals surface area contributed by atoms with Crippen molar-refractivity contribution in [3.8, 4) is 0 Å². The number of nitrogens with zero attached hydrogens (tertiary/aromatic N) is 4. The normalized spacial score (nSPS) is 11.4. The molecular formula is C17H19N4O2S+. The van der Waals surface area contributed by atoms with Crippen molar-refractivity contribution in [2.24, 2.45) is 0 Å². The maximum Gasteiger partial charge on any atom is 0.292 e. The first-order chi connectivity index (χ1) is 11.5. The molecule has 1 heterocycles. The van der Waals surface area contributed by atoms with Crippen LogP contribution in [0, 0.1) is 6.92 Å². The van der Waals surface area contributed by atoms with Gasteiger partial charge in [0.25, 0.3) is 16.4 Å².